The maximum atomic E-state index is 14.1. The lowest BCUT2D eigenvalue weighted by molar-refractivity contribution is -0.140. The van der Waals surface area contributed by atoms with E-state index >= 15 is 0 Å². The number of aromatic nitrogens is 6. The van der Waals surface area contributed by atoms with Gasteiger partial charge in [0.05, 0.1) is 34.4 Å². The molecule has 5 heterocycles. The summed E-state index contributed by atoms with van der Waals surface area (Å²) >= 11 is 0.684. The Labute approximate surface area is 252 Å². The fourth-order valence-electron chi connectivity index (χ4n) is 5.13. The van der Waals surface area contributed by atoms with Crippen molar-refractivity contribution in [2.75, 3.05) is 5.32 Å². The maximum Gasteiger partial charge on any atom is 0.433 e. The van der Waals surface area contributed by atoms with Gasteiger partial charge in [0.15, 0.2) is 0 Å². The van der Waals surface area contributed by atoms with Gasteiger partial charge in [-0.25, -0.2) is 9.97 Å². The van der Waals surface area contributed by atoms with Gasteiger partial charge < -0.3 is 11.1 Å². The molecule has 0 saturated heterocycles. The number of benzene rings is 1. The number of amides is 2. The summed E-state index contributed by atoms with van der Waals surface area (Å²) < 4.78 is 45.2. The zero-order valence-corrected chi connectivity index (χ0v) is 24.8. The topological polar surface area (TPSA) is 134 Å². The van der Waals surface area contributed by atoms with Gasteiger partial charge in [0.2, 0.25) is 0 Å². The van der Waals surface area contributed by atoms with Crippen LogP contribution in [0.15, 0.2) is 48.8 Å². The van der Waals surface area contributed by atoms with E-state index in [1.807, 2.05) is 13.8 Å². The molecule has 6 rings (SSSR count). The summed E-state index contributed by atoms with van der Waals surface area (Å²) in [5, 5.41) is 12.2. The highest BCUT2D eigenvalue weighted by molar-refractivity contribution is 7.21. The Morgan fingerprint density at radius 3 is 2.45 bits per heavy atom. The number of primary amides is 1. The molecule has 6 aromatic rings. The first-order chi connectivity index (χ1) is 20.9. The van der Waals surface area contributed by atoms with E-state index in [0.29, 0.717) is 45.7 Å². The minimum absolute atomic E-state index is 0.0256. The van der Waals surface area contributed by atoms with Crippen molar-refractivity contribution in [2.24, 2.45) is 12.8 Å². The largest absolute Gasteiger partial charge is 0.433 e. The second kappa shape index (κ2) is 10.6. The third kappa shape index (κ3) is 4.86. The molecule has 0 fully saturated rings. The molecular weight excluding hydrogens is 593 g/mol. The quantitative estimate of drug-likeness (QED) is 0.231. The monoisotopic (exact) mass is 618 g/mol. The number of halogens is 3. The molecule has 0 aliphatic carbocycles. The Balaban J connectivity index is 1.58. The van der Waals surface area contributed by atoms with E-state index in [-0.39, 0.29) is 31.9 Å². The van der Waals surface area contributed by atoms with Crippen molar-refractivity contribution >= 4 is 50.0 Å². The number of fused-ring (bicyclic) bond motifs is 2. The molecule has 0 unspecified atom stereocenters. The summed E-state index contributed by atoms with van der Waals surface area (Å²) in [6, 6.07) is 9.60. The summed E-state index contributed by atoms with van der Waals surface area (Å²) in [7, 11) is 1.79. The Bertz CT molecular complexity index is 2130. The number of nitrogens with zero attached hydrogens (tertiary/aromatic N) is 6. The van der Waals surface area contributed by atoms with Crippen LogP contribution in [0.2, 0.25) is 0 Å². The first-order valence-corrected chi connectivity index (χ1v) is 14.3. The van der Waals surface area contributed by atoms with Crippen LogP contribution in [-0.4, -0.2) is 41.3 Å². The fraction of sp³-hybridized carbons (Fsp3) is 0.200. The van der Waals surface area contributed by atoms with Gasteiger partial charge in [-0.15, -0.1) is 11.3 Å². The number of nitrogens with one attached hydrogen (secondary N) is 1. The SMILES string of the molecule is CCn1cc(-c2cc(C(F)(F)F)nc3sc(C(N)=O)c(NC(=O)c4cc(-c5cnn(C)c5C)nc5ccccc45)c23)c(C)n1. The Morgan fingerprint density at radius 1 is 1.07 bits per heavy atom. The maximum absolute atomic E-state index is 14.1. The molecule has 0 radical (unpaired) electrons. The highest BCUT2D eigenvalue weighted by Gasteiger charge is 2.35. The van der Waals surface area contributed by atoms with Crippen LogP contribution in [0.4, 0.5) is 18.9 Å². The second-order valence-electron chi connectivity index (χ2n) is 10.2. The number of para-hydroxylation sites is 1. The molecular formula is C30H25F3N8O2S. The van der Waals surface area contributed by atoms with Gasteiger partial charge in [0.1, 0.15) is 15.4 Å². The minimum atomic E-state index is -4.77. The van der Waals surface area contributed by atoms with E-state index in [2.05, 4.69) is 20.5 Å². The smallest absolute Gasteiger partial charge is 0.365 e. The van der Waals surface area contributed by atoms with Crippen LogP contribution in [0.5, 0.6) is 0 Å². The summed E-state index contributed by atoms with van der Waals surface area (Å²) in [5.41, 5.74) is 8.36. The normalized spacial score (nSPS) is 11.9. The Morgan fingerprint density at radius 2 is 1.82 bits per heavy atom. The molecule has 0 saturated carbocycles. The molecule has 0 spiro atoms. The van der Waals surface area contributed by atoms with Crippen LogP contribution >= 0.6 is 11.3 Å². The molecule has 44 heavy (non-hydrogen) atoms. The van der Waals surface area contributed by atoms with E-state index in [0.717, 1.165) is 17.3 Å². The molecule has 0 aliphatic rings. The lowest BCUT2D eigenvalue weighted by Crippen LogP contribution is -2.17. The number of thiophene rings is 1. The number of alkyl halides is 3. The zero-order valence-electron chi connectivity index (χ0n) is 23.9. The van der Waals surface area contributed by atoms with Crippen molar-refractivity contribution in [1.29, 1.82) is 0 Å². The number of hydrogen-bond donors (Lipinski definition) is 2. The first-order valence-electron chi connectivity index (χ1n) is 13.5. The van der Waals surface area contributed by atoms with Gasteiger partial charge in [-0.05, 0) is 44.5 Å². The van der Waals surface area contributed by atoms with Gasteiger partial charge in [0, 0.05) is 47.4 Å². The Hall–Kier alpha value is -5.11. The van der Waals surface area contributed by atoms with Gasteiger partial charge in [-0.2, -0.15) is 23.4 Å². The molecule has 10 nitrogen and oxygen atoms in total. The van der Waals surface area contributed by atoms with Crippen LogP contribution in [-0.2, 0) is 19.8 Å². The van der Waals surface area contributed by atoms with Crippen LogP contribution in [0.1, 0.15) is 44.0 Å². The summed E-state index contributed by atoms with van der Waals surface area (Å²) in [6.07, 6.45) is -1.49. The van der Waals surface area contributed by atoms with Crippen LogP contribution < -0.4 is 11.1 Å². The molecule has 5 aromatic heterocycles. The van der Waals surface area contributed by atoms with E-state index in [1.54, 1.807) is 66.1 Å². The van der Waals surface area contributed by atoms with Gasteiger partial charge in [-0.3, -0.25) is 19.0 Å². The number of carbonyl (C=O) groups excluding carboxylic acids is 2. The van der Waals surface area contributed by atoms with Gasteiger partial charge in [0.25, 0.3) is 11.8 Å². The predicted molar refractivity (Wildman–Crippen MR) is 161 cm³/mol. The third-order valence-corrected chi connectivity index (χ3v) is 8.55. The van der Waals surface area contributed by atoms with Gasteiger partial charge in [-0.1, -0.05) is 18.2 Å². The second-order valence-corrected chi connectivity index (χ2v) is 11.2. The first kappa shape index (κ1) is 29.0. The highest BCUT2D eigenvalue weighted by atomic mass is 32.1. The molecule has 224 valence electrons. The average molecular weight is 619 g/mol. The molecule has 1 aromatic carbocycles. The number of nitrogens with two attached hydrogens (primary N) is 1. The number of aryl methyl sites for hydroxylation is 3. The molecule has 0 bridgehead atoms. The van der Waals surface area contributed by atoms with Crippen molar-refractivity contribution in [1.82, 2.24) is 29.5 Å². The number of hydrogen-bond acceptors (Lipinski definition) is 7. The summed E-state index contributed by atoms with van der Waals surface area (Å²) in [4.78, 5) is 35.1. The van der Waals surface area contributed by atoms with Crippen molar-refractivity contribution in [3.8, 4) is 22.4 Å². The minimum Gasteiger partial charge on any atom is -0.365 e. The van der Waals surface area contributed by atoms with E-state index < -0.39 is 23.7 Å². The van der Waals surface area contributed by atoms with Crippen molar-refractivity contribution < 1.29 is 22.8 Å². The highest BCUT2D eigenvalue weighted by Crippen LogP contribution is 2.44. The van der Waals surface area contributed by atoms with E-state index in [1.165, 1.54) is 0 Å². The predicted octanol–water partition coefficient (Wildman–Crippen LogP) is 6.12. The number of carbonyl (C=O) groups is 2. The number of pyridine rings is 2. The molecule has 14 heteroatoms. The lowest BCUT2D eigenvalue weighted by Gasteiger charge is -2.13. The molecule has 0 atom stereocenters. The van der Waals surface area contributed by atoms with Crippen LogP contribution in [0.25, 0.3) is 43.5 Å². The molecule has 3 N–H and O–H groups in total. The fourth-order valence-corrected chi connectivity index (χ4v) is 6.13. The zero-order chi connectivity index (χ0) is 31.5. The standard InChI is InChI=1S/C30H25F3N8O2S/c1-5-41-13-20(14(2)39-41)17-11-23(30(31,32)33)37-29-24(17)25(26(44-29)27(34)42)38-28(43)18-10-22(19-12-35-40(4)15(19)3)36-21-9-7-6-8-16(18)21/h6-13H,5H2,1-4H3,(H2,34,42)(H,38,43). The average Bonchev–Trinajstić information content (AvgIpc) is 3.66. The number of anilines is 1. The number of rotatable bonds is 6. The van der Waals surface area contributed by atoms with E-state index in [9.17, 15) is 22.8 Å². The lowest BCUT2D eigenvalue weighted by atomic mass is 10.0. The summed E-state index contributed by atoms with van der Waals surface area (Å²) in [5.74, 6) is -1.53. The van der Waals surface area contributed by atoms with Crippen molar-refractivity contribution in [3.05, 3.63) is 76.3 Å². The molecule has 0 aliphatic heterocycles. The van der Waals surface area contributed by atoms with E-state index in [4.69, 9.17) is 10.7 Å². The van der Waals surface area contributed by atoms with Crippen molar-refractivity contribution in [2.45, 2.75) is 33.5 Å². The summed E-state index contributed by atoms with van der Waals surface area (Å²) in [6.45, 7) is 5.88. The van der Waals surface area contributed by atoms with Gasteiger partial charge >= 0.3 is 6.18 Å². The van der Waals surface area contributed by atoms with Crippen molar-refractivity contribution in [3.63, 3.8) is 0 Å². The molecule has 2 amide bonds. The van der Waals surface area contributed by atoms with Crippen LogP contribution in [0.3, 0.4) is 0 Å². The van der Waals surface area contributed by atoms with Crippen LogP contribution in [0, 0.1) is 13.8 Å². The Kier molecular flexibility index (Phi) is 6.95. The third-order valence-electron chi connectivity index (χ3n) is 7.45.